The Morgan fingerprint density at radius 3 is 2.38 bits per heavy atom. The molecule has 0 saturated heterocycles. The van der Waals surface area contributed by atoms with Crippen molar-refractivity contribution in [2.75, 3.05) is 0 Å². The highest BCUT2D eigenvalue weighted by Gasteiger charge is 2.03. The van der Waals surface area contributed by atoms with Gasteiger partial charge < -0.3 is 4.74 Å². The van der Waals surface area contributed by atoms with Crippen molar-refractivity contribution >= 4 is 11.3 Å². The van der Waals surface area contributed by atoms with Gasteiger partial charge in [-0.25, -0.2) is 4.98 Å². The lowest BCUT2D eigenvalue weighted by Gasteiger charge is -2.03. The summed E-state index contributed by atoms with van der Waals surface area (Å²) in [6, 6.07) is 8.08. The molecular weight excluding hydrogens is 218 g/mol. The van der Waals surface area contributed by atoms with Gasteiger partial charge in [0.15, 0.2) is 0 Å². The van der Waals surface area contributed by atoms with Crippen molar-refractivity contribution < 1.29 is 4.74 Å². The van der Waals surface area contributed by atoms with Crippen LogP contribution in [0.15, 0.2) is 24.3 Å². The number of aromatic nitrogens is 1. The molecule has 0 bridgehead atoms. The lowest BCUT2D eigenvalue weighted by Crippen LogP contribution is -1.94. The molecule has 16 heavy (non-hydrogen) atoms. The van der Waals surface area contributed by atoms with Gasteiger partial charge in [-0.15, -0.1) is 11.3 Å². The zero-order valence-corrected chi connectivity index (χ0v) is 10.6. The molecule has 0 fully saturated rings. The second-order valence-electron chi connectivity index (χ2n) is 3.85. The summed E-state index contributed by atoms with van der Waals surface area (Å²) in [7, 11) is 0. The van der Waals surface area contributed by atoms with Gasteiger partial charge in [0.25, 0.3) is 0 Å². The second kappa shape index (κ2) is 4.66. The summed E-state index contributed by atoms with van der Waals surface area (Å²) in [6.45, 7) is 6.74. The lowest BCUT2D eigenvalue weighted by molar-refractivity contribution is 0.305. The quantitative estimate of drug-likeness (QED) is 0.807. The Bertz CT molecular complexity index is 454. The molecule has 0 aliphatic heterocycles. The van der Waals surface area contributed by atoms with Crippen LogP contribution in [0, 0.1) is 20.8 Å². The monoisotopic (exact) mass is 233 g/mol. The van der Waals surface area contributed by atoms with E-state index in [1.54, 1.807) is 11.3 Å². The Morgan fingerprint density at radius 2 is 1.81 bits per heavy atom. The van der Waals surface area contributed by atoms with Crippen molar-refractivity contribution in [1.29, 1.82) is 0 Å². The van der Waals surface area contributed by atoms with Gasteiger partial charge in [0.1, 0.15) is 17.4 Å². The number of hydrogen-bond donors (Lipinski definition) is 0. The number of nitrogens with zero attached hydrogens (tertiary/aromatic N) is 1. The van der Waals surface area contributed by atoms with E-state index in [9.17, 15) is 0 Å². The molecule has 0 aliphatic rings. The molecule has 0 aliphatic carbocycles. The van der Waals surface area contributed by atoms with Gasteiger partial charge in [0, 0.05) is 4.88 Å². The van der Waals surface area contributed by atoms with Crippen molar-refractivity contribution in [2.45, 2.75) is 27.4 Å². The lowest BCUT2D eigenvalue weighted by atomic mass is 10.2. The predicted molar refractivity (Wildman–Crippen MR) is 67.1 cm³/mol. The van der Waals surface area contributed by atoms with E-state index >= 15 is 0 Å². The molecule has 1 aromatic heterocycles. The van der Waals surface area contributed by atoms with Crippen LogP contribution in [-0.4, -0.2) is 4.98 Å². The molecular formula is C13H15NOS. The Labute approximate surface area is 99.9 Å². The van der Waals surface area contributed by atoms with E-state index in [0.29, 0.717) is 6.61 Å². The van der Waals surface area contributed by atoms with E-state index in [1.807, 2.05) is 31.2 Å². The predicted octanol–water partition coefficient (Wildman–Crippen LogP) is 3.65. The molecule has 3 heteroatoms. The van der Waals surface area contributed by atoms with Gasteiger partial charge in [-0.1, -0.05) is 17.7 Å². The third-order valence-corrected chi connectivity index (χ3v) is 3.50. The number of aryl methyl sites for hydroxylation is 3. The van der Waals surface area contributed by atoms with E-state index in [2.05, 4.69) is 18.8 Å². The molecule has 84 valence electrons. The Hall–Kier alpha value is -1.35. The standard InChI is InChI=1S/C13H15NOS/c1-9-4-6-12(7-5-9)15-8-13-14-10(2)11(3)16-13/h4-7H,8H2,1-3H3. The summed E-state index contributed by atoms with van der Waals surface area (Å²) in [6.07, 6.45) is 0. The van der Waals surface area contributed by atoms with Crippen molar-refractivity contribution in [1.82, 2.24) is 4.98 Å². The number of thiazole rings is 1. The van der Waals surface area contributed by atoms with Crippen LogP contribution in [0.5, 0.6) is 5.75 Å². The van der Waals surface area contributed by atoms with Gasteiger partial charge in [-0.2, -0.15) is 0 Å². The van der Waals surface area contributed by atoms with Gasteiger partial charge in [-0.3, -0.25) is 0 Å². The largest absolute Gasteiger partial charge is 0.486 e. The minimum absolute atomic E-state index is 0.558. The van der Waals surface area contributed by atoms with Crippen LogP contribution in [0.1, 0.15) is 21.1 Å². The molecule has 0 amide bonds. The van der Waals surface area contributed by atoms with Crippen LogP contribution in [0.4, 0.5) is 0 Å². The number of rotatable bonds is 3. The third-order valence-electron chi connectivity index (χ3n) is 2.46. The topological polar surface area (TPSA) is 22.1 Å². The van der Waals surface area contributed by atoms with Gasteiger partial charge in [0.2, 0.25) is 0 Å². The van der Waals surface area contributed by atoms with Crippen molar-refractivity contribution in [3.05, 3.63) is 45.4 Å². The third kappa shape index (κ3) is 2.61. The minimum Gasteiger partial charge on any atom is -0.486 e. The summed E-state index contributed by atoms with van der Waals surface area (Å²) in [5.74, 6) is 0.899. The first kappa shape index (κ1) is 11.1. The summed E-state index contributed by atoms with van der Waals surface area (Å²) in [5.41, 5.74) is 2.35. The van der Waals surface area contributed by atoms with Crippen molar-refractivity contribution in [3.8, 4) is 5.75 Å². The number of hydrogen-bond acceptors (Lipinski definition) is 3. The molecule has 2 nitrogen and oxygen atoms in total. The molecule has 0 atom stereocenters. The Kier molecular flexibility index (Phi) is 3.25. The fourth-order valence-electron chi connectivity index (χ4n) is 1.38. The maximum absolute atomic E-state index is 5.66. The smallest absolute Gasteiger partial charge is 0.140 e. The molecule has 1 aromatic carbocycles. The van der Waals surface area contributed by atoms with Crippen LogP contribution in [0.2, 0.25) is 0 Å². The normalized spacial score (nSPS) is 10.4. The fourth-order valence-corrected chi connectivity index (χ4v) is 2.23. The number of benzene rings is 1. The molecule has 0 N–H and O–H groups in total. The average molecular weight is 233 g/mol. The molecule has 0 saturated carbocycles. The van der Waals surface area contributed by atoms with Crippen molar-refractivity contribution in [2.24, 2.45) is 0 Å². The van der Waals surface area contributed by atoms with Crippen LogP contribution in [0.3, 0.4) is 0 Å². The maximum atomic E-state index is 5.66. The average Bonchev–Trinajstić information content (AvgIpc) is 2.58. The van der Waals surface area contributed by atoms with E-state index in [-0.39, 0.29) is 0 Å². The molecule has 0 radical (unpaired) electrons. The van der Waals surface area contributed by atoms with Gasteiger partial charge >= 0.3 is 0 Å². The van der Waals surface area contributed by atoms with Crippen LogP contribution >= 0.6 is 11.3 Å². The summed E-state index contributed by atoms with van der Waals surface area (Å²) in [5, 5.41) is 1.04. The zero-order valence-electron chi connectivity index (χ0n) is 9.78. The fraction of sp³-hybridized carbons (Fsp3) is 0.308. The van der Waals surface area contributed by atoms with Crippen LogP contribution < -0.4 is 4.74 Å². The first-order valence-electron chi connectivity index (χ1n) is 5.27. The van der Waals surface area contributed by atoms with Gasteiger partial charge in [-0.05, 0) is 32.9 Å². The second-order valence-corrected chi connectivity index (χ2v) is 5.14. The molecule has 0 spiro atoms. The zero-order chi connectivity index (χ0) is 11.5. The van der Waals surface area contributed by atoms with E-state index in [1.165, 1.54) is 10.4 Å². The van der Waals surface area contributed by atoms with Crippen LogP contribution in [-0.2, 0) is 6.61 Å². The van der Waals surface area contributed by atoms with Gasteiger partial charge in [0.05, 0.1) is 5.69 Å². The van der Waals surface area contributed by atoms with E-state index in [4.69, 9.17) is 4.74 Å². The highest BCUT2D eigenvalue weighted by Crippen LogP contribution is 2.19. The van der Waals surface area contributed by atoms with E-state index < -0.39 is 0 Å². The number of ether oxygens (including phenoxy) is 1. The molecule has 0 unspecified atom stereocenters. The highest BCUT2D eigenvalue weighted by molar-refractivity contribution is 7.11. The van der Waals surface area contributed by atoms with Crippen LogP contribution in [0.25, 0.3) is 0 Å². The summed E-state index contributed by atoms with van der Waals surface area (Å²) < 4.78 is 5.66. The highest BCUT2D eigenvalue weighted by atomic mass is 32.1. The maximum Gasteiger partial charge on any atom is 0.140 e. The molecule has 1 heterocycles. The summed E-state index contributed by atoms with van der Waals surface area (Å²) >= 11 is 1.70. The summed E-state index contributed by atoms with van der Waals surface area (Å²) in [4.78, 5) is 5.70. The first-order valence-corrected chi connectivity index (χ1v) is 6.09. The SMILES string of the molecule is Cc1ccc(OCc2nc(C)c(C)s2)cc1. The van der Waals surface area contributed by atoms with E-state index in [0.717, 1.165) is 16.5 Å². The van der Waals surface area contributed by atoms with Crippen molar-refractivity contribution in [3.63, 3.8) is 0 Å². The molecule has 2 aromatic rings. The Balaban J connectivity index is 1.99. The molecule has 2 rings (SSSR count). The first-order chi connectivity index (χ1) is 7.65. The minimum atomic E-state index is 0.558. The Morgan fingerprint density at radius 1 is 1.12 bits per heavy atom.